The summed E-state index contributed by atoms with van der Waals surface area (Å²) in [5.41, 5.74) is -0.110. The fraction of sp³-hybridized carbons (Fsp3) is 0.364. The Balaban J connectivity index is 3.24. The van der Waals surface area contributed by atoms with Crippen molar-refractivity contribution in [1.82, 2.24) is 0 Å². The maximum atomic E-state index is 12.0. The Labute approximate surface area is 141 Å². The van der Waals surface area contributed by atoms with Crippen molar-refractivity contribution in [3.05, 3.63) is 22.3 Å². The van der Waals surface area contributed by atoms with Crippen molar-refractivity contribution in [3.63, 3.8) is 0 Å². The van der Waals surface area contributed by atoms with Gasteiger partial charge in [-0.05, 0) is 94.6 Å². The number of carbonyl (C=O) groups is 1. The van der Waals surface area contributed by atoms with Crippen LogP contribution in [-0.4, -0.2) is 16.7 Å². The smallest absolute Gasteiger partial charge is 0.340 e. The molecule has 0 spiro atoms. The topological polar surface area (TPSA) is 46.5 Å². The SMILES string of the molecule is CC(C)(C)OC(=O)c1c(I)cc(I)c(O)c1I. The number of hydrogen-bond acceptors (Lipinski definition) is 3. The Kier molecular flexibility index (Phi) is 5.33. The van der Waals surface area contributed by atoms with Crippen LogP contribution in [0.1, 0.15) is 31.1 Å². The zero-order valence-corrected chi connectivity index (χ0v) is 15.9. The van der Waals surface area contributed by atoms with E-state index >= 15 is 0 Å². The van der Waals surface area contributed by atoms with Crippen molar-refractivity contribution >= 4 is 73.7 Å². The van der Waals surface area contributed by atoms with Crippen LogP contribution in [-0.2, 0) is 4.74 Å². The molecule has 94 valence electrons. The van der Waals surface area contributed by atoms with E-state index in [1.54, 1.807) is 6.07 Å². The highest BCUT2D eigenvalue weighted by atomic mass is 127. The number of ether oxygens (including phenoxy) is 1. The van der Waals surface area contributed by atoms with Gasteiger partial charge in [0.2, 0.25) is 0 Å². The summed E-state index contributed by atoms with van der Waals surface area (Å²) >= 11 is 6.07. The lowest BCUT2D eigenvalue weighted by atomic mass is 10.1. The molecule has 0 bridgehead atoms. The second-order valence-corrected chi connectivity index (χ2v) is 7.78. The first-order chi connectivity index (χ1) is 7.63. The minimum atomic E-state index is -0.540. The summed E-state index contributed by atoms with van der Waals surface area (Å²) in [6.45, 7) is 5.45. The van der Waals surface area contributed by atoms with Crippen molar-refractivity contribution < 1.29 is 14.6 Å². The van der Waals surface area contributed by atoms with Crippen molar-refractivity contribution in [2.45, 2.75) is 26.4 Å². The largest absolute Gasteiger partial charge is 0.506 e. The van der Waals surface area contributed by atoms with Gasteiger partial charge in [0, 0.05) is 3.57 Å². The van der Waals surface area contributed by atoms with Gasteiger partial charge in [0.25, 0.3) is 0 Å². The second-order valence-electron chi connectivity index (χ2n) is 4.38. The molecule has 3 nitrogen and oxygen atoms in total. The standard InChI is InChI=1S/C11H11I3O3/c1-11(2,3)17-10(16)7-5(12)4-6(13)9(15)8(7)14/h4,15H,1-3H3. The van der Waals surface area contributed by atoms with Crippen LogP contribution in [0.3, 0.4) is 0 Å². The number of phenolic OH excluding ortho intramolecular Hbond substituents is 1. The number of rotatable bonds is 1. The summed E-state index contributed by atoms with van der Waals surface area (Å²) in [6, 6.07) is 1.76. The van der Waals surface area contributed by atoms with Crippen molar-refractivity contribution in [3.8, 4) is 5.75 Å². The van der Waals surface area contributed by atoms with Gasteiger partial charge in [-0.25, -0.2) is 4.79 Å². The lowest BCUT2D eigenvalue weighted by molar-refractivity contribution is 0.00665. The van der Waals surface area contributed by atoms with E-state index < -0.39 is 11.6 Å². The fourth-order valence-electron chi connectivity index (χ4n) is 1.10. The normalized spacial score (nSPS) is 11.4. The summed E-state index contributed by atoms with van der Waals surface area (Å²) in [5.74, 6) is -0.273. The molecule has 6 heteroatoms. The average Bonchev–Trinajstić information content (AvgIpc) is 2.11. The number of hydrogen-bond donors (Lipinski definition) is 1. The molecule has 1 aromatic carbocycles. The molecule has 0 aromatic heterocycles. The quantitative estimate of drug-likeness (QED) is 0.407. The van der Waals surface area contributed by atoms with Crippen LogP contribution in [0, 0.1) is 10.7 Å². The summed E-state index contributed by atoms with van der Waals surface area (Å²) in [6.07, 6.45) is 0. The Hall–Kier alpha value is 0.680. The molecular weight excluding hydrogens is 561 g/mol. The molecule has 0 amide bonds. The molecule has 0 saturated heterocycles. The number of halogens is 3. The maximum Gasteiger partial charge on any atom is 0.340 e. The van der Waals surface area contributed by atoms with Crippen LogP contribution < -0.4 is 0 Å². The molecule has 0 aliphatic carbocycles. The molecule has 0 atom stereocenters. The predicted octanol–water partition coefficient (Wildman–Crippen LogP) is 4.16. The molecule has 17 heavy (non-hydrogen) atoms. The molecule has 0 unspecified atom stereocenters. The predicted molar refractivity (Wildman–Crippen MR) is 91.4 cm³/mol. The third-order valence-electron chi connectivity index (χ3n) is 1.75. The summed E-state index contributed by atoms with van der Waals surface area (Å²) in [7, 11) is 0. The number of carbonyl (C=O) groups excluding carboxylic acids is 1. The van der Waals surface area contributed by atoms with E-state index in [0.717, 1.165) is 7.14 Å². The van der Waals surface area contributed by atoms with Gasteiger partial charge < -0.3 is 9.84 Å². The third kappa shape index (κ3) is 4.08. The Morgan fingerprint density at radius 3 is 2.24 bits per heavy atom. The van der Waals surface area contributed by atoms with Crippen LogP contribution in [0.2, 0.25) is 0 Å². The van der Waals surface area contributed by atoms with E-state index in [1.807, 2.05) is 66.0 Å². The van der Waals surface area contributed by atoms with Crippen molar-refractivity contribution in [2.24, 2.45) is 0 Å². The fourth-order valence-corrected chi connectivity index (χ4v) is 4.91. The first-order valence-corrected chi connectivity index (χ1v) is 7.97. The van der Waals surface area contributed by atoms with Crippen molar-refractivity contribution in [2.75, 3.05) is 0 Å². The monoisotopic (exact) mass is 572 g/mol. The summed E-state index contributed by atoms with van der Waals surface area (Å²) in [5, 5.41) is 9.83. The first kappa shape index (κ1) is 15.7. The molecule has 0 radical (unpaired) electrons. The highest BCUT2D eigenvalue weighted by Gasteiger charge is 2.24. The van der Waals surface area contributed by atoms with Gasteiger partial charge in [0.05, 0.1) is 12.7 Å². The molecule has 0 heterocycles. The third-order valence-corrected chi connectivity index (χ3v) is 4.47. The van der Waals surface area contributed by atoms with Gasteiger partial charge in [-0.3, -0.25) is 0 Å². The molecule has 0 aliphatic heterocycles. The molecule has 0 saturated carbocycles. The molecule has 1 aromatic rings. The van der Waals surface area contributed by atoms with E-state index in [-0.39, 0.29) is 5.75 Å². The van der Waals surface area contributed by atoms with E-state index in [9.17, 15) is 9.90 Å². The van der Waals surface area contributed by atoms with Crippen LogP contribution in [0.4, 0.5) is 0 Å². The lowest BCUT2D eigenvalue weighted by Gasteiger charge is -2.20. The number of benzene rings is 1. The molecule has 0 aliphatic rings. The molecule has 1 N–H and O–H groups in total. The lowest BCUT2D eigenvalue weighted by Crippen LogP contribution is -2.25. The van der Waals surface area contributed by atoms with Crippen LogP contribution in [0.25, 0.3) is 0 Å². The van der Waals surface area contributed by atoms with Crippen molar-refractivity contribution in [1.29, 1.82) is 0 Å². The molecular formula is C11H11I3O3. The Morgan fingerprint density at radius 1 is 1.24 bits per heavy atom. The summed E-state index contributed by atoms with van der Waals surface area (Å²) in [4.78, 5) is 12.0. The Morgan fingerprint density at radius 2 is 1.76 bits per heavy atom. The van der Waals surface area contributed by atoms with E-state index in [1.165, 1.54) is 0 Å². The van der Waals surface area contributed by atoms with Crippen LogP contribution in [0.15, 0.2) is 6.07 Å². The van der Waals surface area contributed by atoms with E-state index in [4.69, 9.17) is 4.74 Å². The summed E-state index contributed by atoms with van der Waals surface area (Å²) < 4.78 is 7.36. The number of esters is 1. The average molecular weight is 572 g/mol. The van der Waals surface area contributed by atoms with Gasteiger partial charge in [-0.2, -0.15) is 0 Å². The minimum absolute atomic E-state index is 0.132. The maximum absolute atomic E-state index is 12.0. The van der Waals surface area contributed by atoms with E-state index in [0.29, 0.717) is 9.13 Å². The Bertz CT molecular complexity index is 464. The van der Waals surface area contributed by atoms with Gasteiger partial charge in [0.15, 0.2) is 0 Å². The zero-order chi connectivity index (χ0) is 13.4. The number of aromatic hydroxyl groups is 1. The van der Waals surface area contributed by atoms with Crippen LogP contribution >= 0.6 is 67.8 Å². The highest BCUT2D eigenvalue weighted by molar-refractivity contribution is 14.1. The van der Waals surface area contributed by atoms with Gasteiger partial charge >= 0.3 is 5.97 Å². The second kappa shape index (κ2) is 5.76. The zero-order valence-electron chi connectivity index (χ0n) is 9.47. The first-order valence-electron chi connectivity index (χ1n) is 4.73. The van der Waals surface area contributed by atoms with E-state index in [2.05, 4.69) is 22.6 Å². The van der Waals surface area contributed by atoms with Crippen LogP contribution in [0.5, 0.6) is 5.75 Å². The number of phenols is 1. The highest BCUT2D eigenvalue weighted by Crippen LogP contribution is 2.33. The van der Waals surface area contributed by atoms with Gasteiger partial charge in [-0.15, -0.1) is 0 Å². The van der Waals surface area contributed by atoms with Gasteiger partial charge in [0.1, 0.15) is 11.4 Å². The van der Waals surface area contributed by atoms with Gasteiger partial charge in [-0.1, -0.05) is 0 Å². The molecule has 0 fully saturated rings. The molecule has 1 rings (SSSR count). The minimum Gasteiger partial charge on any atom is -0.506 e.